The van der Waals surface area contributed by atoms with E-state index < -0.39 is 6.04 Å². The summed E-state index contributed by atoms with van der Waals surface area (Å²) in [4.78, 5) is 41.8. The van der Waals surface area contributed by atoms with E-state index in [4.69, 9.17) is 0 Å². The van der Waals surface area contributed by atoms with Gasteiger partial charge in [0, 0.05) is 16.6 Å². The van der Waals surface area contributed by atoms with Crippen LogP contribution in [0.15, 0.2) is 46.9 Å². The number of fused-ring (bicyclic) bond motifs is 5. The molecular weight excluding hydrogens is 468 g/mol. The fourth-order valence-electron chi connectivity index (χ4n) is 6.02. The van der Waals surface area contributed by atoms with Crippen LogP contribution in [0.4, 0.5) is 5.69 Å². The average molecular weight is 495 g/mol. The largest absolute Gasteiger partial charge is 0.324 e. The quantitative estimate of drug-likeness (QED) is 0.615. The molecule has 5 nitrogen and oxygen atoms in total. The number of imide groups is 1. The lowest BCUT2D eigenvalue weighted by Crippen LogP contribution is -2.49. The van der Waals surface area contributed by atoms with Crippen LogP contribution < -0.4 is 5.32 Å². The predicted molar refractivity (Wildman–Crippen MR) is 126 cm³/mol. The van der Waals surface area contributed by atoms with Crippen molar-refractivity contribution in [2.45, 2.75) is 45.6 Å². The number of hydrogen-bond acceptors (Lipinski definition) is 3. The van der Waals surface area contributed by atoms with Crippen LogP contribution in [-0.4, -0.2) is 28.7 Å². The molecule has 0 spiro atoms. The highest BCUT2D eigenvalue weighted by Crippen LogP contribution is 2.56. The highest BCUT2D eigenvalue weighted by molar-refractivity contribution is 9.10. The van der Waals surface area contributed by atoms with E-state index in [9.17, 15) is 14.4 Å². The molecule has 2 aliphatic carbocycles. The molecule has 166 valence electrons. The van der Waals surface area contributed by atoms with E-state index >= 15 is 0 Å². The summed E-state index contributed by atoms with van der Waals surface area (Å²) in [6.07, 6.45) is 3.33. The SMILES string of the molecule is Cc1c(Br)ccc(NC(=O)[C@@H](Cc2ccccc2)N2C(=O)[C@H]3[C@@H]4CC[C@@H](C4)[C@@H]3C2=O)c1C. The third kappa shape index (κ3) is 3.40. The van der Waals surface area contributed by atoms with Crippen molar-refractivity contribution in [3.05, 3.63) is 63.6 Å². The van der Waals surface area contributed by atoms with E-state index in [1.807, 2.05) is 56.3 Å². The molecule has 0 radical (unpaired) electrons. The smallest absolute Gasteiger partial charge is 0.248 e. The van der Waals surface area contributed by atoms with Gasteiger partial charge in [0.1, 0.15) is 6.04 Å². The second-order valence-corrected chi connectivity index (χ2v) is 10.3. The molecule has 1 heterocycles. The topological polar surface area (TPSA) is 66.5 Å². The van der Waals surface area contributed by atoms with Gasteiger partial charge >= 0.3 is 0 Å². The first-order valence-corrected chi connectivity index (χ1v) is 12.1. The van der Waals surface area contributed by atoms with Crippen molar-refractivity contribution in [1.29, 1.82) is 0 Å². The number of hydrogen-bond donors (Lipinski definition) is 1. The third-order valence-corrected chi connectivity index (χ3v) is 8.69. The van der Waals surface area contributed by atoms with Crippen LogP contribution in [0.5, 0.6) is 0 Å². The number of carbonyl (C=O) groups is 3. The Morgan fingerprint density at radius 3 is 2.25 bits per heavy atom. The number of nitrogens with one attached hydrogen (secondary N) is 1. The van der Waals surface area contributed by atoms with E-state index in [-0.39, 0.29) is 29.6 Å². The van der Waals surface area contributed by atoms with Crippen LogP contribution in [0.2, 0.25) is 0 Å². The lowest BCUT2D eigenvalue weighted by molar-refractivity contribution is -0.147. The Bertz CT molecular complexity index is 1070. The van der Waals surface area contributed by atoms with E-state index in [0.717, 1.165) is 40.4 Å². The fourth-order valence-corrected chi connectivity index (χ4v) is 6.45. The summed E-state index contributed by atoms with van der Waals surface area (Å²) in [5.41, 5.74) is 3.63. The number of benzene rings is 2. The van der Waals surface area contributed by atoms with Gasteiger partial charge in [-0.3, -0.25) is 19.3 Å². The lowest BCUT2D eigenvalue weighted by atomic mass is 9.81. The van der Waals surface area contributed by atoms with Crippen LogP contribution in [0, 0.1) is 37.5 Å². The molecular formula is C26H27BrN2O3. The van der Waals surface area contributed by atoms with Gasteiger partial charge in [-0.25, -0.2) is 0 Å². The highest BCUT2D eigenvalue weighted by atomic mass is 79.9. The maximum absolute atomic E-state index is 13.6. The maximum atomic E-state index is 13.6. The van der Waals surface area contributed by atoms with Crippen molar-refractivity contribution in [3.63, 3.8) is 0 Å². The predicted octanol–water partition coefficient (Wildman–Crippen LogP) is 4.65. The van der Waals surface area contributed by atoms with Crippen LogP contribution in [0.25, 0.3) is 0 Å². The molecule has 2 bridgehead atoms. The van der Waals surface area contributed by atoms with E-state index in [1.54, 1.807) is 0 Å². The van der Waals surface area contributed by atoms with Gasteiger partial charge in [-0.15, -0.1) is 0 Å². The molecule has 3 amide bonds. The number of carbonyl (C=O) groups excluding carboxylic acids is 3. The molecule has 6 heteroatoms. The average Bonchev–Trinajstić information content (AvgIpc) is 3.47. The summed E-state index contributed by atoms with van der Waals surface area (Å²) in [6, 6.07) is 12.5. The fraction of sp³-hybridized carbons (Fsp3) is 0.423. The van der Waals surface area contributed by atoms with Crippen LogP contribution >= 0.6 is 15.9 Å². The maximum Gasteiger partial charge on any atom is 0.248 e. The zero-order valence-corrected chi connectivity index (χ0v) is 19.9. The monoisotopic (exact) mass is 494 g/mol. The molecule has 5 atom stereocenters. The lowest BCUT2D eigenvalue weighted by Gasteiger charge is -2.27. The minimum atomic E-state index is -0.856. The Balaban J connectivity index is 1.47. The zero-order chi connectivity index (χ0) is 22.6. The standard InChI is InChI=1S/C26H27BrN2O3/c1-14-15(2)20(11-10-19(14)27)28-24(30)21(12-16-6-4-3-5-7-16)29-25(31)22-17-8-9-18(13-17)23(22)26(29)32/h3-7,10-11,17-18,21-23H,8-9,12-13H2,1-2H3,(H,28,30)/t17-,18+,21-,22+,23+/m1/s1. The zero-order valence-electron chi connectivity index (χ0n) is 18.3. The summed E-state index contributed by atoms with van der Waals surface area (Å²) >= 11 is 3.52. The molecule has 1 saturated heterocycles. The van der Waals surface area contributed by atoms with Crippen molar-refractivity contribution in [2.75, 3.05) is 5.32 Å². The number of amides is 3. The van der Waals surface area contributed by atoms with Crippen molar-refractivity contribution >= 4 is 39.3 Å². The van der Waals surface area contributed by atoms with E-state index in [2.05, 4.69) is 21.2 Å². The van der Waals surface area contributed by atoms with Gasteiger partial charge in [0.2, 0.25) is 17.7 Å². The van der Waals surface area contributed by atoms with Crippen molar-refractivity contribution in [2.24, 2.45) is 23.7 Å². The highest BCUT2D eigenvalue weighted by Gasteiger charge is 2.62. The Labute approximate surface area is 196 Å². The second kappa shape index (κ2) is 8.14. The molecule has 0 unspecified atom stereocenters. The molecule has 0 aromatic heterocycles. The van der Waals surface area contributed by atoms with Crippen molar-refractivity contribution < 1.29 is 14.4 Å². The molecule has 1 N–H and O–H groups in total. The minimum Gasteiger partial charge on any atom is -0.324 e. The van der Waals surface area contributed by atoms with E-state index in [0.29, 0.717) is 23.9 Å². The number of halogens is 1. The van der Waals surface area contributed by atoms with Crippen LogP contribution in [0.3, 0.4) is 0 Å². The minimum absolute atomic E-state index is 0.146. The number of anilines is 1. The summed E-state index contributed by atoms with van der Waals surface area (Å²) in [5.74, 6) is -0.480. The van der Waals surface area contributed by atoms with E-state index in [1.165, 1.54) is 4.90 Å². The molecule has 1 aliphatic heterocycles. The normalized spacial score (nSPS) is 27.0. The third-order valence-electron chi connectivity index (χ3n) is 7.83. The summed E-state index contributed by atoms with van der Waals surface area (Å²) in [5, 5.41) is 3.01. The summed E-state index contributed by atoms with van der Waals surface area (Å²) in [7, 11) is 0. The van der Waals surface area contributed by atoms with Crippen molar-refractivity contribution in [3.8, 4) is 0 Å². The Kier molecular flexibility index (Phi) is 5.44. The molecule has 32 heavy (non-hydrogen) atoms. The number of rotatable bonds is 5. The first-order chi connectivity index (χ1) is 15.4. The first kappa shape index (κ1) is 21.4. The molecule has 2 aromatic carbocycles. The number of likely N-dealkylation sites (tertiary alicyclic amines) is 1. The van der Waals surface area contributed by atoms with Crippen molar-refractivity contribution in [1.82, 2.24) is 4.90 Å². The molecule has 5 rings (SSSR count). The van der Waals surface area contributed by atoms with Gasteiger partial charge in [-0.05, 0) is 73.8 Å². The summed E-state index contributed by atoms with van der Waals surface area (Å²) < 4.78 is 0.974. The molecule has 3 fully saturated rings. The van der Waals surface area contributed by atoms with Gasteiger partial charge in [0.15, 0.2) is 0 Å². The van der Waals surface area contributed by atoms with Gasteiger partial charge in [0.05, 0.1) is 11.8 Å². The molecule has 2 saturated carbocycles. The summed E-state index contributed by atoms with van der Waals surface area (Å²) in [6.45, 7) is 3.94. The Morgan fingerprint density at radius 1 is 1.00 bits per heavy atom. The Hall–Kier alpha value is -2.47. The molecule has 3 aliphatic rings. The van der Waals surface area contributed by atoms with Gasteiger partial charge in [0.25, 0.3) is 0 Å². The van der Waals surface area contributed by atoms with Crippen LogP contribution in [-0.2, 0) is 20.8 Å². The van der Waals surface area contributed by atoms with Gasteiger partial charge in [-0.2, -0.15) is 0 Å². The van der Waals surface area contributed by atoms with Gasteiger partial charge < -0.3 is 5.32 Å². The van der Waals surface area contributed by atoms with Crippen LogP contribution in [0.1, 0.15) is 36.0 Å². The molecule has 2 aromatic rings. The Morgan fingerprint density at radius 2 is 1.62 bits per heavy atom. The van der Waals surface area contributed by atoms with Gasteiger partial charge in [-0.1, -0.05) is 46.3 Å². The number of nitrogens with zero attached hydrogens (tertiary/aromatic N) is 1. The first-order valence-electron chi connectivity index (χ1n) is 11.3. The second-order valence-electron chi connectivity index (χ2n) is 9.47.